The van der Waals surface area contributed by atoms with Crippen LogP contribution in [0.5, 0.6) is 5.75 Å². The van der Waals surface area contributed by atoms with Gasteiger partial charge >= 0.3 is 0 Å². The van der Waals surface area contributed by atoms with E-state index in [1.165, 1.54) is 18.2 Å². The van der Waals surface area contributed by atoms with E-state index in [4.69, 9.17) is 22.1 Å². The normalized spacial score (nSPS) is 10.7. The molecule has 6 heteroatoms. The fourth-order valence-corrected chi connectivity index (χ4v) is 2.84. The van der Waals surface area contributed by atoms with Gasteiger partial charge in [-0.05, 0) is 47.5 Å². The number of carbonyl (C=O) groups is 2. The monoisotopic (exact) mass is 406 g/mol. The molecule has 29 heavy (non-hydrogen) atoms. The van der Waals surface area contributed by atoms with Gasteiger partial charge in [-0.3, -0.25) is 9.59 Å². The lowest BCUT2D eigenvalue weighted by Gasteiger charge is -2.06. The van der Waals surface area contributed by atoms with Crippen LogP contribution in [0.15, 0.2) is 78.9 Å². The van der Waals surface area contributed by atoms with Crippen LogP contribution in [0, 0.1) is 0 Å². The number of primary amides is 1. The Bertz CT molecular complexity index is 1030. The summed E-state index contributed by atoms with van der Waals surface area (Å²) in [5, 5.41) is 2.87. The van der Waals surface area contributed by atoms with E-state index < -0.39 is 5.91 Å². The van der Waals surface area contributed by atoms with Crippen LogP contribution in [0.2, 0.25) is 5.02 Å². The average Bonchev–Trinajstić information content (AvgIpc) is 2.72. The smallest absolute Gasteiger partial charge is 0.250 e. The molecule has 0 atom stereocenters. The lowest BCUT2D eigenvalue weighted by Crippen LogP contribution is -2.12. The van der Waals surface area contributed by atoms with Crippen molar-refractivity contribution in [1.29, 1.82) is 0 Å². The highest BCUT2D eigenvalue weighted by Gasteiger charge is 2.08. The third-order valence-corrected chi connectivity index (χ3v) is 4.37. The predicted molar refractivity (Wildman–Crippen MR) is 115 cm³/mol. The van der Waals surface area contributed by atoms with Gasteiger partial charge in [0.1, 0.15) is 12.4 Å². The van der Waals surface area contributed by atoms with Crippen LogP contribution in [0.1, 0.15) is 21.5 Å². The van der Waals surface area contributed by atoms with Crippen molar-refractivity contribution in [3.05, 3.63) is 101 Å². The van der Waals surface area contributed by atoms with Gasteiger partial charge in [-0.1, -0.05) is 54.1 Å². The first-order valence-corrected chi connectivity index (χ1v) is 9.24. The van der Waals surface area contributed by atoms with Crippen molar-refractivity contribution in [2.24, 2.45) is 5.73 Å². The highest BCUT2D eigenvalue weighted by molar-refractivity contribution is 6.34. The molecule has 0 heterocycles. The summed E-state index contributed by atoms with van der Waals surface area (Å²) < 4.78 is 5.74. The Labute approximate surface area is 173 Å². The molecule has 0 aromatic heterocycles. The average molecular weight is 407 g/mol. The molecule has 5 nitrogen and oxygen atoms in total. The minimum absolute atomic E-state index is 0.186. The van der Waals surface area contributed by atoms with Crippen LogP contribution in [0.25, 0.3) is 6.08 Å². The number of nitrogens with one attached hydrogen (secondary N) is 1. The number of halogens is 1. The number of carbonyl (C=O) groups excluding carboxylic acids is 2. The molecule has 0 bridgehead atoms. The molecular weight excluding hydrogens is 388 g/mol. The van der Waals surface area contributed by atoms with Gasteiger partial charge < -0.3 is 15.8 Å². The number of benzene rings is 3. The molecule has 0 saturated heterocycles. The van der Waals surface area contributed by atoms with E-state index in [0.29, 0.717) is 12.3 Å². The molecule has 0 spiro atoms. The van der Waals surface area contributed by atoms with Crippen molar-refractivity contribution < 1.29 is 14.3 Å². The van der Waals surface area contributed by atoms with Crippen LogP contribution in [-0.4, -0.2) is 11.8 Å². The zero-order chi connectivity index (χ0) is 20.6. The minimum atomic E-state index is -0.621. The first-order valence-electron chi connectivity index (χ1n) is 8.86. The molecule has 3 N–H and O–H groups in total. The summed E-state index contributed by atoms with van der Waals surface area (Å²) in [5.41, 5.74) is 7.83. The third-order valence-electron chi connectivity index (χ3n) is 4.06. The maximum atomic E-state index is 12.1. The number of rotatable bonds is 7. The maximum absolute atomic E-state index is 12.1. The summed E-state index contributed by atoms with van der Waals surface area (Å²) in [4.78, 5) is 23.3. The molecule has 0 fully saturated rings. The van der Waals surface area contributed by atoms with Crippen molar-refractivity contribution in [2.75, 3.05) is 5.32 Å². The summed E-state index contributed by atoms with van der Waals surface area (Å²) in [6.07, 6.45) is 3.10. The Morgan fingerprint density at radius 2 is 1.72 bits per heavy atom. The van der Waals surface area contributed by atoms with Crippen molar-refractivity contribution in [1.82, 2.24) is 0 Å². The summed E-state index contributed by atoms with van der Waals surface area (Å²) in [7, 11) is 0. The van der Waals surface area contributed by atoms with E-state index >= 15 is 0 Å². The third kappa shape index (κ3) is 5.96. The lowest BCUT2D eigenvalue weighted by molar-refractivity contribution is -0.111. The Kier molecular flexibility index (Phi) is 6.66. The zero-order valence-electron chi connectivity index (χ0n) is 15.5. The molecule has 0 aliphatic rings. The molecule has 3 aromatic rings. The number of nitrogens with two attached hydrogens (primary N) is 1. The highest BCUT2D eigenvalue weighted by Crippen LogP contribution is 2.21. The Morgan fingerprint density at radius 1 is 1.00 bits per heavy atom. The number of amides is 2. The maximum Gasteiger partial charge on any atom is 0.250 e. The first kappa shape index (κ1) is 20.2. The highest BCUT2D eigenvalue weighted by atomic mass is 35.5. The van der Waals surface area contributed by atoms with Crippen LogP contribution < -0.4 is 15.8 Å². The summed E-state index contributed by atoms with van der Waals surface area (Å²) >= 11 is 5.98. The van der Waals surface area contributed by atoms with Gasteiger partial charge in [0.05, 0.1) is 10.6 Å². The number of ether oxygens (including phenoxy) is 1. The molecule has 0 saturated carbocycles. The molecule has 3 aromatic carbocycles. The van der Waals surface area contributed by atoms with E-state index in [1.807, 2.05) is 54.6 Å². The zero-order valence-corrected chi connectivity index (χ0v) is 16.2. The summed E-state index contributed by atoms with van der Waals surface area (Å²) in [6.45, 7) is 0.496. The Balaban J connectivity index is 1.54. The van der Waals surface area contributed by atoms with Gasteiger partial charge in [-0.25, -0.2) is 0 Å². The van der Waals surface area contributed by atoms with Gasteiger partial charge in [0.2, 0.25) is 11.8 Å². The van der Waals surface area contributed by atoms with Crippen molar-refractivity contribution in [3.63, 3.8) is 0 Å². The second kappa shape index (κ2) is 9.57. The molecule has 0 radical (unpaired) electrons. The van der Waals surface area contributed by atoms with Crippen LogP contribution in [-0.2, 0) is 11.4 Å². The predicted octanol–water partition coefficient (Wildman–Crippen LogP) is 4.67. The van der Waals surface area contributed by atoms with Crippen LogP contribution in [0.3, 0.4) is 0 Å². The molecule has 0 aliphatic carbocycles. The molecule has 0 aliphatic heterocycles. The Morgan fingerprint density at radius 3 is 2.38 bits per heavy atom. The van der Waals surface area contributed by atoms with E-state index in [0.717, 1.165) is 16.9 Å². The molecule has 0 unspecified atom stereocenters. The standard InChI is InChI=1S/C23H19ClN2O3/c24-21-14-18(9-12-20(21)23(25)28)26-22(27)13-8-16-6-10-19(11-7-16)29-15-17-4-2-1-3-5-17/h1-14H,15H2,(H2,25,28)(H,26,27)/b13-8+. The minimum Gasteiger partial charge on any atom is -0.489 e. The van der Waals surface area contributed by atoms with Crippen molar-refractivity contribution in [3.8, 4) is 5.75 Å². The van der Waals surface area contributed by atoms with Crippen molar-refractivity contribution in [2.45, 2.75) is 6.61 Å². The summed E-state index contributed by atoms with van der Waals surface area (Å²) in [6, 6.07) is 21.9. The molecule has 3 rings (SSSR count). The topological polar surface area (TPSA) is 81.4 Å². The molecule has 146 valence electrons. The first-order chi connectivity index (χ1) is 14.0. The SMILES string of the molecule is NC(=O)c1ccc(NC(=O)/C=C/c2ccc(OCc3ccccc3)cc2)cc1Cl. The van der Waals surface area contributed by atoms with E-state index in [2.05, 4.69) is 5.32 Å². The van der Waals surface area contributed by atoms with E-state index in [-0.39, 0.29) is 16.5 Å². The molecule has 2 amide bonds. The second-order valence-corrected chi connectivity index (χ2v) is 6.63. The van der Waals surface area contributed by atoms with Crippen LogP contribution >= 0.6 is 11.6 Å². The quantitative estimate of drug-likeness (QED) is 0.559. The van der Waals surface area contributed by atoms with Gasteiger partial charge in [0.15, 0.2) is 0 Å². The number of hydrogen-bond donors (Lipinski definition) is 2. The van der Waals surface area contributed by atoms with E-state index in [1.54, 1.807) is 12.1 Å². The largest absolute Gasteiger partial charge is 0.489 e. The fourth-order valence-electron chi connectivity index (χ4n) is 2.56. The molecular formula is C23H19ClN2O3. The Hall–Kier alpha value is -3.57. The fraction of sp³-hybridized carbons (Fsp3) is 0.0435. The summed E-state index contributed by atoms with van der Waals surface area (Å²) in [5.74, 6) is -0.194. The van der Waals surface area contributed by atoms with Crippen molar-refractivity contribution >= 4 is 35.2 Å². The van der Waals surface area contributed by atoms with E-state index in [9.17, 15) is 9.59 Å². The van der Waals surface area contributed by atoms with Gasteiger partial charge in [-0.15, -0.1) is 0 Å². The number of anilines is 1. The van der Waals surface area contributed by atoms with Gasteiger partial charge in [0, 0.05) is 11.8 Å². The second-order valence-electron chi connectivity index (χ2n) is 6.22. The van der Waals surface area contributed by atoms with Crippen LogP contribution in [0.4, 0.5) is 5.69 Å². The lowest BCUT2D eigenvalue weighted by atomic mass is 10.2. The van der Waals surface area contributed by atoms with Gasteiger partial charge in [-0.2, -0.15) is 0 Å². The van der Waals surface area contributed by atoms with Gasteiger partial charge in [0.25, 0.3) is 0 Å². The number of hydrogen-bond acceptors (Lipinski definition) is 3.